The van der Waals surface area contributed by atoms with Crippen LogP contribution in [0.2, 0.25) is 0 Å². The Hall–Kier alpha value is -1.64. The second kappa shape index (κ2) is 4.48. The zero-order valence-electron chi connectivity index (χ0n) is 10.4. The van der Waals surface area contributed by atoms with Gasteiger partial charge in [0.05, 0.1) is 10.5 Å². The number of nitrogens with zero attached hydrogens (tertiary/aromatic N) is 2. The highest BCUT2D eigenvalue weighted by molar-refractivity contribution is 7.89. The second-order valence-corrected chi connectivity index (χ2v) is 6.72. The van der Waals surface area contributed by atoms with Crippen molar-refractivity contribution in [1.29, 1.82) is 5.26 Å². The third-order valence-electron chi connectivity index (χ3n) is 3.81. The second-order valence-electron chi connectivity index (χ2n) is 4.91. The van der Waals surface area contributed by atoms with E-state index in [-0.39, 0.29) is 22.5 Å². The van der Waals surface area contributed by atoms with Gasteiger partial charge in [-0.3, -0.25) is 0 Å². The molecule has 2 bridgehead atoms. The molecule has 1 aromatic rings. The summed E-state index contributed by atoms with van der Waals surface area (Å²) in [6, 6.07) is 8.38. The minimum absolute atomic E-state index is 0.0458. The Morgan fingerprint density at radius 3 is 2.79 bits per heavy atom. The van der Waals surface area contributed by atoms with Crippen molar-refractivity contribution in [3.8, 4) is 6.07 Å². The highest BCUT2D eigenvalue weighted by Crippen LogP contribution is 2.36. The summed E-state index contributed by atoms with van der Waals surface area (Å²) in [5.74, 6) is 0. The maximum atomic E-state index is 12.8. The largest absolute Gasteiger partial charge is 0.245 e. The van der Waals surface area contributed by atoms with Crippen LogP contribution in [0.5, 0.6) is 0 Å². The van der Waals surface area contributed by atoms with Crippen LogP contribution in [-0.4, -0.2) is 24.8 Å². The number of rotatable bonds is 2. The first-order chi connectivity index (χ1) is 9.14. The van der Waals surface area contributed by atoms with Crippen LogP contribution in [0.1, 0.15) is 24.8 Å². The molecule has 1 fully saturated rings. The van der Waals surface area contributed by atoms with Crippen molar-refractivity contribution in [3.05, 3.63) is 42.0 Å². The molecule has 5 heteroatoms. The lowest BCUT2D eigenvalue weighted by atomic mass is 10.2. The molecule has 0 saturated carbocycles. The zero-order valence-corrected chi connectivity index (χ0v) is 11.2. The number of nitriles is 1. The van der Waals surface area contributed by atoms with E-state index in [0.29, 0.717) is 0 Å². The minimum atomic E-state index is -3.58. The van der Waals surface area contributed by atoms with Gasteiger partial charge >= 0.3 is 0 Å². The van der Waals surface area contributed by atoms with Gasteiger partial charge in [0.1, 0.15) is 6.07 Å². The molecule has 2 aliphatic heterocycles. The quantitative estimate of drug-likeness (QED) is 0.775. The van der Waals surface area contributed by atoms with Crippen LogP contribution in [0.15, 0.2) is 41.3 Å². The molecule has 19 heavy (non-hydrogen) atoms. The molecule has 1 aromatic carbocycles. The SMILES string of the molecule is N#Cc1ccccc1S(=O)(=O)N1C2C=CCC1CC2. The van der Waals surface area contributed by atoms with Crippen molar-refractivity contribution in [2.45, 2.75) is 36.2 Å². The molecular formula is C14H14N2O2S. The normalized spacial score (nSPS) is 26.3. The van der Waals surface area contributed by atoms with Gasteiger partial charge in [0.15, 0.2) is 0 Å². The van der Waals surface area contributed by atoms with E-state index in [2.05, 4.69) is 6.08 Å². The Bertz CT molecular complexity index is 673. The summed E-state index contributed by atoms with van der Waals surface area (Å²) >= 11 is 0. The van der Waals surface area contributed by atoms with E-state index in [1.165, 1.54) is 6.07 Å². The van der Waals surface area contributed by atoms with Crippen molar-refractivity contribution < 1.29 is 8.42 Å². The standard InChI is InChI=1S/C14H14N2O2S/c15-10-11-4-1-2-7-14(11)19(17,18)16-12-5-3-6-13(16)9-8-12/h1-5,7,12-13H,6,8-9H2. The van der Waals surface area contributed by atoms with Crippen molar-refractivity contribution in [2.75, 3.05) is 0 Å². The number of sulfonamides is 1. The third kappa shape index (κ3) is 1.88. The Labute approximate surface area is 113 Å². The van der Waals surface area contributed by atoms with Gasteiger partial charge in [0.2, 0.25) is 10.0 Å². The predicted octanol–water partition coefficient (Wildman–Crippen LogP) is 2.04. The highest BCUT2D eigenvalue weighted by atomic mass is 32.2. The fourth-order valence-corrected chi connectivity index (χ4v) is 4.94. The van der Waals surface area contributed by atoms with E-state index in [9.17, 15) is 8.42 Å². The average molecular weight is 274 g/mol. The van der Waals surface area contributed by atoms with Crippen LogP contribution >= 0.6 is 0 Å². The van der Waals surface area contributed by atoms with E-state index < -0.39 is 10.0 Å². The lowest BCUT2D eigenvalue weighted by Gasteiger charge is -2.30. The molecule has 0 radical (unpaired) electrons. The Morgan fingerprint density at radius 1 is 1.26 bits per heavy atom. The molecule has 2 unspecified atom stereocenters. The fourth-order valence-electron chi connectivity index (χ4n) is 2.96. The smallest absolute Gasteiger partial charge is 0.207 e. The Kier molecular flexibility index (Phi) is 2.92. The van der Waals surface area contributed by atoms with E-state index in [1.807, 2.05) is 12.1 Å². The number of hydrogen-bond acceptors (Lipinski definition) is 3. The lowest BCUT2D eigenvalue weighted by Crippen LogP contribution is -2.42. The molecule has 0 aromatic heterocycles. The van der Waals surface area contributed by atoms with Gasteiger partial charge in [-0.05, 0) is 31.4 Å². The van der Waals surface area contributed by atoms with Crippen molar-refractivity contribution in [3.63, 3.8) is 0 Å². The van der Waals surface area contributed by atoms with E-state index in [4.69, 9.17) is 5.26 Å². The van der Waals surface area contributed by atoms with Gasteiger partial charge in [-0.15, -0.1) is 0 Å². The molecule has 2 atom stereocenters. The third-order valence-corrected chi connectivity index (χ3v) is 5.85. The monoisotopic (exact) mass is 274 g/mol. The van der Waals surface area contributed by atoms with Crippen LogP contribution in [-0.2, 0) is 10.0 Å². The number of fused-ring (bicyclic) bond motifs is 2. The average Bonchev–Trinajstić information content (AvgIpc) is 2.70. The Morgan fingerprint density at radius 2 is 2.05 bits per heavy atom. The molecule has 0 spiro atoms. The van der Waals surface area contributed by atoms with Crippen molar-refractivity contribution in [1.82, 2.24) is 4.31 Å². The molecule has 0 N–H and O–H groups in total. The summed E-state index contributed by atoms with van der Waals surface area (Å²) in [7, 11) is -3.58. The van der Waals surface area contributed by atoms with E-state index >= 15 is 0 Å². The van der Waals surface area contributed by atoms with Crippen LogP contribution in [0.25, 0.3) is 0 Å². The first-order valence-electron chi connectivity index (χ1n) is 6.34. The topological polar surface area (TPSA) is 61.2 Å². The molecule has 4 nitrogen and oxygen atoms in total. The lowest BCUT2D eigenvalue weighted by molar-refractivity contribution is 0.341. The molecule has 98 valence electrons. The van der Waals surface area contributed by atoms with Gasteiger partial charge in [-0.1, -0.05) is 24.3 Å². The molecular weight excluding hydrogens is 260 g/mol. The highest BCUT2D eigenvalue weighted by Gasteiger charge is 2.42. The zero-order chi connectivity index (χ0) is 13.5. The van der Waals surface area contributed by atoms with E-state index in [1.54, 1.807) is 22.5 Å². The maximum Gasteiger partial charge on any atom is 0.245 e. The summed E-state index contributed by atoms with van der Waals surface area (Å²) in [5, 5.41) is 9.08. The molecule has 0 amide bonds. The van der Waals surface area contributed by atoms with Crippen LogP contribution in [0.3, 0.4) is 0 Å². The van der Waals surface area contributed by atoms with Gasteiger partial charge in [-0.25, -0.2) is 8.42 Å². The van der Waals surface area contributed by atoms with Crippen LogP contribution in [0.4, 0.5) is 0 Å². The van der Waals surface area contributed by atoms with Crippen LogP contribution in [0, 0.1) is 11.3 Å². The molecule has 2 heterocycles. The first-order valence-corrected chi connectivity index (χ1v) is 7.78. The van der Waals surface area contributed by atoms with Crippen molar-refractivity contribution in [2.24, 2.45) is 0 Å². The first kappa shape index (κ1) is 12.4. The maximum absolute atomic E-state index is 12.8. The van der Waals surface area contributed by atoms with Gasteiger partial charge < -0.3 is 0 Å². The van der Waals surface area contributed by atoms with E-state index in [0.717, 1.165) is 19.3 Å². The summed E-state index contributed by atoms with van der Waals surface area (Å²) < 4.78 is 27.1. The van der Waals surface area contributed by atoms with Gasteiger partial charge in [0, 0.05) is 12.1 Å². The number of benzene rings is 1. The molecule has 2 aliphatic rings. The fraction of sp³-hybridized carbons (Fsp3) is 0.357. The number of hydrogen-bond donors (Lipinski definition) is 0. The molecule has 3 rings (SSSR count). The molecule has 1 saturated heterocycles. The predicted molar refractivity (Wildman–Crippen MR) is 70.7 cm³/mol. The Balaban J connectivity index is 2.09. The molecule has 0 aliphatic carbocycles. The van der Waals surface area contributed by atoms with Gasteiger partial charge in [0.25, 0.3) is 0 Å². The summed E-state index contributed by atoms with van der Waals surface area (Å²) in [6.45, 7) is 0. The van der Waals surface area contributed by atoms with Crippen molar-refractivity contribution >= 4 is 10.0 Å². The minimum Gasteiger partial charge on any atom is -0.207 e. The summed E-state index contributed by atoms with van der Waals surface area (Å²) in [6.07, 6.45) is 6.56. The summed E-state index contributed by atoms with van der Waals surface area (Å²) in [4.78, 5) is 0.129. The summed E-state index contributed by atoms with van der Waals surface area (Å²) in [5.41, 5.74) is 0.219. The van der Waals surface area contributed by atoms with Gasteiger partial charge in [-0.2, -0.15) is 9.57 Å². The van der Waals surface area contributed by atoms with Crippen LogP contribution < -0.4 is 0 Å².